The first-order chi connectivity index (χ1) is 4.83. The number of nitrogens with zero attached hydrogens (tertiary/aromatic N) is 3. The van der Waals surface area contributed by atoms with Gasteiger partial charge >= 0.3 is 0 Å². The van der Waals surface area contributed by atoms with Crippen LogP contribution in [0.2, 0.25) is 5.15 Å². The zero-order chi connectivity index (χ0) is 7.40. The smallest absolute Gasteiger partial charge is 0.239 e. The molecule has 0 fully saturated rings. The molecule has 0 unspecified atom stereocenters. The van der Waals surface area contributed by atoms with Crippen molar-refractivity contribution in [3.63, 3.8) is 0 Å². The number of hydrogen-bond donors (Lipinski definition) is 0. The Morgan fingerprint density at radius 1 is 1.50 bits per heavy atom. The lowest BCUT2D eigenvalue weighted by Crippen LogP contribution is -1.76. The number of hydrogen-bond acceptors (Lipinski definition) is 4. The minimum absolute atomic E-state index is 0.208. The van der Waals surface area contributed by atoms with Gasteiger partial charge in [0.15, 0.2) is 5.82 Å². The second-order valence-electron chi connectivity index (χ2n) is 1.40. The minimum atomic E-state index is 0.208. The molecular weight excluding hydrogens is 154 g/mol. The highest BCUT2D eigenvalue weighted by Gasteiger charge is 1.89. The molecule has 1 heterocycles. The number of aliphatic imine (C=N–C) groups is 1. The van der Waals surface area contributed by atoms with Gasteiger partial charge in [0.05, 0.1) is 12.4 Å². The van der Waals surface area contributed by atoms with Crippen molar-refractivity contribution >= 4 is 23.5 Å². The van der Waals surface area contributed by atoms with Gasteiger partial charge in [-0.2, -0.15) is 0 Å². The molecule has 0 radical (unpaired) electrons. The number of carbonyl (C=O) groups excluding carboxylic acids is 1. The molecule has 0 aromatic carbocycles. The van der Waals surface area contributed by atoms with E-state index >= 15 is 0 Å². The van der Waals surface area contributed by atoms with Crippen molar-refractivity contribution < 1.29 is 4.79 Å². The predicted molar refractivity (Wildman–Crippen MR) is 34.8 cm³/mol. The Kier molecular flexibility index (Phi) is 2.10. The highest BCUT2D eigenvalue weighted by atomic mass is 35.5. The highest BCUT2D eigenvalue weighted by molar-refractivity contribution is 6.29. The van der Waals surface area contributed by atoms with Crippen LogP contribution in [0.3, 0.4) is 0 Å². The van der Waals surface area contributed by atoms with Crippen molar-refractivity contribution in [1.29, 1.82) is 0 Å². The van der Waals surface area contributed by atoms with Crippen molar-refractivity contribution in [3.8, 4) is 0 Å². The van der Waals surface area contributed by atoms with E-state index < -0.39 is 0 Å². The van der Waals surface area contributed by atoms with Crippen molar-refractivity contribution in [2.75, 3.05) is 0 Å². The minimum Gasteiger partial charge on any atom is -0.239 e. The molecule has 0 saturated carbocycles. The summed E-state index contributed by atoms with van der Waals surface area (Å²) in [7, 11) is 0. The van der Waals surface area contributed by atoms with Crippen LogP contribution in [-0.4, -0.2) is 16.0 Å². The topological polar surface area (TPSA) is 55.2 Å². The van der Waals surface area contributed by atoms with Gasteiger partial charge < -0.3 is 0 Å². The van der Waals surface area contributed by atoms with Crippen LogP contribution >= 0.6 is 11.6 Å². The Morgan fingerprint density at radius 3 is 2.80 bits per heavy atom. The summed E-state index contributed by atoms with van der Waals surface area (Å²) in [5.74, 6) is 0.208. The Bertz CT molecular complexity index is 265. The summed E-state index contributed by atoms with van der Waals surface area (Å²) in [6, 6.07) is 0. The summed E-state index contributed by atoms with van der Waals surface area (Å²) in [6.07, 6.45) is 3.92. The standard InChI is InChI=1S/C5H2ClN3O/c6-4-1-8-5(2-7-4)9-3-10/h1-2H. The lowest BCUT2D eigenvalue weighted by molar-refractivity contribution is 0.565. The van der Waals surface area contributed by atoms with Gasteiger partial charge in [-0.05, 0) is 0 Å². The van der Waals surface area contributed by atoms with Crippen LogP contribution in [0.1, 0.15) is 0 Å². The molecule has 0 aliphatic rings. The van der Waals surface area contributed by atoms with Gasteiger partial charge in [-0.25, -0.2) is 14.8 Å². The van der Waals surface area contributed by atoms with E-state index in [0.717, 1.165) is 0 Å². The first kappa shape index (κ1) is 6.86. The van der Waals surface area contributed by atoms with Crippen LogP contribution in [0.5, 0.6) is 0 Å². The van der Waals surface area contributed by atoms with Gasteiger partial charge in [-0.1, -0.05) is 11.6 Å². The first-order valence-electron chi connectivity index (χ1n) is 2.38. The Hall–Kier alpha value is -1.25. The second-order valence-corrected chi connectivity index (χ2v) is 1.79. The van der Waals surface area contributed by atoms with Crippen molar-refractivity contribution in [2.24, 2.45) is 4.99 Å². The normalized spacial score (nSPS) is 8.50. The number of rotatable bonds is 1. The molecule has 0 N–H and O–H groups in total. The Labute approximate surface area is 61.6 Å². The summed E-state index contributed by atoms with van der Waals surface area (Å²) in [5.41, 5.74) is 0. The average Bonchev–Trinajstić information content (AvgIpc) is 1.95. The molecule has 0 amide bonds. The molecule has 10 heavy (non-hydrogen) atoms. The van der Waals surface area contributed by atoms with Gasteiger partial charge in [0.1, 0.15) is 5.15 Å². The summed E-state index contributed by atoms with van der Waals surface area (Å²) in [4.78, 5) is 20.1. The van der Waals surface area contributed by atoms with E-state index in [0.29, 0.717) is 0 Å². The Morgan fingerprint density at radius 2 is 2.30 bits per heavy atom. The molecule has 50 valence electrons. The van der Waals surface area contributed by atoms with Gasteiger partial charge in [0, 0.05) is 0 Å². The highest BCUT2D eigenvalue weighted by Crippen LogP contribution is 2.06. The molecule has 0 aliphatic carbocycles. The quantitative estimate of drug-likeness (QED) is 0.451. The van der Waals surface area contributed by atoms with E-state index in [2.05, 4.69) is 15.0 Å². The van der Waals surface area contributed by atoms with E-state index in [1.807, 2.05) is 0 Å². The van der Waals surface area contributed by atoms with Crippen molar-refractivity contribution in [3.05, 3.63) is 17.5 Å². The molecule has 1 aromatic rings. The fourth-order valence-electron chi connectivity index (χ4n) is 0.410. The molecule has 4 nitrogen and oxygen atoms in total. The third kappa shape index (κ3) is 1.62. The summed E-state index contributed by atoms with van der Waals surface area (Å²) >= 11 is 5.40. The molecular formula is C5H2ClN3O. The third-order valence-electron chi connectivity index (χ3n) is 0.767. The van der Waals surface area contributed by atoms with E-state index in [9.17, 15) is 4.79 Å². The number of isocyanates is 1. The lowest BCUT2D eigenvalue weighted by atomic mass is 10.7. The van der Waals surface area contributed by atoms with Gasteiger partial charge in [-0.3, -0.25) is 0 Å². The fraction of sp³-hybridized carbons (Fsp3) is 0. The number of halogens is 1. The fourth-order valence-corrected chi connectivity index (χ4v) is 0.508. The molecule has 5 heteroatoms. The molecule has 0 saturated heterocycles. The van der Waals surface area contributed by atoms with Crippen molar-refractivity contribution in [1.82, 2.24) is 9.97 Å². The lowest BCUT2D eigenvalue weighted by Gasteiger charge is -1.86. The zero-order valence-electron chi connectivity index (χ0n) is 4.78. The van der Waals surface area contributed by atoms with Crippen LogP contribution in [-0.2, 0) is 4.79 Å². The Balaban J connectivity index is 3.00. The van der Waals surface area contributed by atoms with Gasteiger partial charge in [-0.15, -0.1) is 4.99 Å². The van der Waals surface area contributed by atoms with E-state index in [4.69, 9.17) is 11.6 Å². The predicted octanol–water partition coefficient (Wildman–Crippen LogP) is 1.10. The van der Waals surface area contributed by atoms with E-state index in [1.165, 1.54) is 18.5 Å². The summed E-state index contributed by atoms with van der Waals surface area (Å²) in [5, 5.41) is 0.268. The maximum absolute atomic E-state index is 9.67. The monoisotopic (exact) mass is 155 g/mol. The molecule has 1 rings (SSSR count). The molecule has 1 aromatic heterocycles. The molecule has 0 aliphatic heterocycles. The van der Waals surface area contributed by atoms with Crippen LogP contribution in [0.25, 0.3) is 0 Å². The SMILES string of the molecule is O=C=Nc1cnc(Cl)cn1. The zero-order valence-corrected chi connectivity index (χ0v) is 5.54. The van der Waals surface area contributed by atoms with Gasteiger partial charge in [0.2, 0.25) is 6.08 Å². The summed E-state index contributed by atoms with van der Waals surface area (Å²) < 4.78 is 0. The number of aromatic nitrogens is 2. The molecule has 0 atom stereocenters. The van der Waals surface area contributed by atoms with Crippen molar-refractivity contribution in [2.45, 2.75) is 0 Å². The van der Waals surface area contributed by atoms with E-state index in [1.54, 1.807) is 0 Å². The second kappa shape index (κ2) is 3.06. The maximum Gasteiger partial charge on any atom is 0.242 e. The third-order valence-corrected chi connectivity index (χ3v) is 0.962. The average molecular weight is 156 g/mol. The molecule has 0 bridgehead atoms. The molecule has 0 spiro atoms. The maximum atomic E-state index is 9.67. The van der Waals surface area contributed by atoms with Crippen LogP contribution in [0.15, 0.2) is 17.4 Å². The van der Waals surface area contributed by atoms with Gasteiger partial charge in [0.25, 0.3) is 0 Å². The first-order valence-corrected chi connectivity index (χ1v) is 2.76. The largest absolute Gasteiger partial charge is 0.242 e. The summed E-state index contributed by atoms with van der Waals surface area (Å²) in [6.45, 7) is 0. The van der Waals surface area contributed by atoms with Crippen LogP contribution in [0.4, 0.5) is 5.82 Å². The van der Waals surface area contributed by atoms with E-state index in [-0.39, 0.29) is 11.0 Å². The van der Waals surface area contributed by atoms with Crippen LogP contribution in [0, 0.1) is 0 Å². The van der Waals surface area contributed by atoms with Crippen LogP contribution < -0.4 is 0 Å².